The summed E-state index contributed by atoms with van der Waals surface area (Å²) in [7, 11) is 0. The van der Waals surface area contributed by atoms with E-state index in [1.165, 1.54) is 5.56 Å². The van der Waals surface area contributed by atoms with Gasteiger partial charge in [0.1, 0.15) is 0 Å². The van der Waals surface area contributed by atoms with Crippen molar-refractivity contribution in [3.63, 3.8) is 0 Å². The summed E-state index contributed by atoms with van der Waals surface area (Å²) in [6.07, 6.45) is 1.29. The van der Waals surface area contributed by atoms with Crippen LogP contribution in [0.3, 0.4) is 0 Å². The van der Waals surface area contributed by atoms with Crippen LogP contribution in [0.1, 0.15) is 23.1 Å². The Labute approximate surface area is 124 Å². The minimum Gasteiger partial charge on any atom is -0.352 e. The highest BCUT2D eigenvalue weighted by molar-refractivity contribution is 6.17. The van der Waals surface area contributed by atoms with Crippen LogP contribution in [0.2, 0.25) is 0 Å². The van der Waals surface area contributed by atoms with Crippen molar-refractivity contribution in [2.75, 3.05) is 0 Å². The van der Waals surface area contributed by atoms with Crippen molar-refractivity contribution in [3.8, 4) is 0 Å². The molecule has 1 N–H and O–H groups in total. The molecule has 0 bridgehead atoms. The van der Waals surface area contributed by atoms with Gasteiger partial charge in [0.05, 0.1) is 0 Å². The Balaban J connectivity index is 1.74. The van der Waals surface area contributed by atoms with E-state index in [9.17, 15) is 4.79 Å². The maximum atomic E-state index is 11.8. The maximum Gasteiger partial charge on any atom is 0.220 e. The minimum atomic E-state index is 0.0790. The second-order valence-corrected chi connectivity index (χ2v) is 4.98. The van der Waals surface area contributed by atoms with E-state index in [4.69, 9.17) is 11.6 Å². The summed E-state index contributed by atoms with van der Waals surface area (Å²) in [6.45, 7) is 0.566. The van der Waals surface area contributed by atoms with Gasteiger partial charge in [0.25, 0.3) is 0 Å². The van der Waals surface area contributed by atoms with E-state index in [-0.39, 0.29) is 5.91 Å². The van der Waals surface area contributed by atoms with Gasteiger partial charge in [0.2, 0.25) is 5.91 Å². The zero-order valence-corrected chi connectivity index (χ0v) is 12.1. The van der Waals surface area contributed by atoms with Gasteiger partial charge in [-0.05, 0) is 23.1 Å². The van der Waals surface area contributed by atoms with Crippen molar-refractivity contribution in [2.24, 2.45) is 0 Å². The summed E-state index contributed by atoms with van der Waals surface area (Å²) in [6, 6.07) is 18.0. The highest BCUT2D eigenvalue weighted by atomic mass is 35.5. The Morgan fingerprint density at radius 2 is 1.55 bits per heavy atom. The molecule has 2 aromatic carbocycles. The largest absolute Gasteiger partial charge is 0.352 e. The smallest absolute Gasteiger partial charge is 0.220 e. The summed E-state index contributed by atoms with van der Waals surface area (Å²) in [5.41, 5.74) is 3.37. The molecule has 0 aromatic heterocycles. The lowest BCUT2D eigenvalue weighted by Gasteiger charge is -2.06. The van der Waals surface area contributed by atoms with Crippen LogP contribution in [0.25, 0.3) is 0 Å². The molecule has 0 aliphatic rings. The fourth-order valence-corrected chi connectivity index (χ4v) is 2.12. The lowest BCUT2D eigenvalue weighted by molar-refractivity contribution is -0.121. The Morgan fingerprint density at radius 1 is 0.900 bits per heavy atom. The lowest BCUT2D eigenvalue weighted by atomic mass is 10.1. The van der Waals surface area contributed by atoms with E-state index in [1.54, 1.807) is 0 Å². The first-order chi connectivity index (χ1) is 9.78. The van der Waals surface area contributed by atoms with Gasteiger partial charge >= 0.3 is 0 Å². The van der Waals surface area contributed by atoms with E-state index >= 15 is 0 Å². The number of benzene rings is 2. The summed E-state index contributed by atoms with van der Waals surface area (Å²) in [4.78, 5) is 11.8. The van der Waals surface area contributed by atoms with Crippen molar-refractivity contribution < 1.29 is 4.79 Å². The molecule has 2 aromatic rings. The predicted octanol–water partition coefficient (Wildman–Crippen LogP) is 3.67. The number of alkyl halides is 1. The molecular formula is C17H18ClNO. The number of nitrogens with one attached hydrogen (secondary N) is 1. The fourth-order valence-electron chi connectivity index (χ4n) is 1.94. The molecule has 0 fully saturated rings. The van der Waals surface area contributed by atoms with Crippen LogP contribution in [0.4, 0.5) is 0 Å². The first-order valence-electron chi connectivity index (χ1n) is 6.72. The van der Waals surface area contributed by atoms with E-state index in [1.807, 2.05) is 54.6 Å². The number of carbonyl (C=O) groups is 1. The van der Waals surface area contributed by atoms with Crippen LogP contribution in [0.15, 0.2) is 54.6 Å². The van der Waals surface area contributed by atoms with Crippen LogP contribution in [-0.2, 0) is 23.6 Å². The van der Waals surface area contributed by atoms with Gasteiger partial charge in [0, 0.05) is 18.8 Å². The van der Waals surface area contributed by atoms with Crippen LogP contribution in [0, 0.1) is 0 Å². The van der Waals surface area contributed by atoms with Crippen molar-refractivity contribution in [2.45, 2.75) is 25.3 Å². The molecule has 0 saturated carbocycles. The zero-order valence-electron chi connectivity index (χ0n) is 11.3. The number of halogens is 1. The molecule has 0 saturated heterocycles. The normalized spacial score (nSPS) is 10.2. The summed E-state index contributed by atoms with van der Waals surface area (Å²) < 4.78 is 0. The van der Waals surface area contributed by atoms with Gasteiger partial charge in [-0.25, -0.2) is 0 Å². The molecule has 0 radical (unpaired) electrons. The number of amides is 1. The van der Waals surface area contributed by atoms with Gasteiger partial charge in [-0.2, -0.15) is 0 Å². The number of hydrogen-bond acceptors (Lipinski definition) is 1. The molecule has 0 heterocycles. The minimum absolute atomic E-state index is 0.0790. The zero-order chi connectivity index (χ0) is 14.2. The van der Waals surface area contributed by atoms with Crippen LogP contribution in [-0.4, -0.2) is 5.91 Å². The third kappa shape index (κ3) is 4.71. The molecule has 0 aliphatic carbocycles. The topological polar surface area (TPSA) is 29.1 Å². The second-order valence-electron chi connectivity index (χ2n) is 4.71. The van der Waals surface area contributed by atoms with Gasteiger partial charge in [-0.15, -0.1) is 11.6 Å². The molecule has 2 rings (SSSR count). The first kappa shape index (κ1) is 14.6. The highest BCUT2D eigenvalue weighted by Gasteiger charge is 2.02. The quantitative estimate of drug-likeness (QED) is 0.807. The molecule has 2 nitrogen and oxygen atoms in total. The van der Waals surface area contributed by atoms with Gasteiger partial charge in [0.15, 0.2) is 0 Å². The van der Waals surface area contributed by atoms with Crippen LogP contribution in [0.5, 0.6) is 0 Å². The highest BCUT2D eigenvalue weighted by Crippen LogP contribution is 2.07. The van der Waals surface area contributed by atoms with Crippen LogP contribution >= 0.6 is 11.6 Å². The van der Waals surface area contributed by atoms with E-state index in [0.29, 0.717) is 18.8 Å². The molecule has 104 valence electrons. The summed E-state index contributed by atoms with van der Waals surface area (Å²) >= 11 is 5.74. The lowest BCUT2D eigenvalue weighted by Crippen LogP contribution is -2.22. The fraction of sp³-hybridized carbons (Fsp3) is 0.235. The maximum absolute atomic E-state index is 11.8. The van der Waals surface area contributed by atoms with E-state index in [0.717, 1.165) is 17.5 Å². The molecular weight excluding hydrogens is 270 g/mol. The Bertz CT molecular complexity index is 537. The Hall–Kier alpha value is -1.80. The molecule has 20 heavy (non-hydrogen) atoms. The average Bonchev–Trinajstić information content (AvgIpc) is 2.52. The van der Waals surface area contributed by atoms with Crippen molar-refractivity contribution in [1.82, 2.24) is 5.32 Å². The second kappa shape index (κ2) is 7.71. The van der Waals surface area contributed by atoms with Crippen molar-refractivity contribution in [1.29, 1.82) is 0 Å². The SMILES string of the molecule is O=C(CCc1ccccc1)NCc1ccc(CCl)cc1. The number of aryl methyl sites for hydroxylation is 1. The molecule has 0 spiro atoms. The molecule has 1 amide bonds. The van der Waals surface area contributed by atoms with E-state index in [2.05, 4.69) is 5.32 Å². The number of hydrogen-bond donors (Lipinski definition) is 1. The molecule has 0 atom stereocenters. The first-order valence-corrected chi connectivity index (χ1v) is 7.26. The van der Waals surface area contributed by atoms with E-state index < -0.39 is 0 Å². The number of rotatable bonds is 6. The Morgan fingerprint density at radius 3 is 2.20 bits per heavy atom. The third-order valence-electron chi connectivity index (χ3n) is 3.15. The van der Waals surface area contributed by atoms with Gasteiger partial charge in [-0.1, -0.05) is 54.6 Å². The van der Waals surface area contributed by atoms with Gasteiger partial charge < -0.3 is 5.32 Å². The summed E-state index contributed by atoms with van der Waals surface area (Å²) in [5.74, 6) is 0.597. The van der Waals surface area contributed by atoms with Crippen LogP contribution < -0.4 is 5.32 Å². The van der Waals surface area contributed by atoms with Crippen molar-refractivity contribution >= 4 is 17.5 Å². The summed E-state index contributed by atoms with van der Waals surface area (Å²) in [5, 5.41) is 2.93. The molecule has 0 aliphatic heterocycles. The molecule has 3 heteroatoms. The predicted molar refractivity (Wildman–Crippen MR) is 82.6 cm³/mol. The molecule has 0 unspecified atom stereocenters. The monoisotopic (exact) mass is 287 g/mol. The van der Waals surface area contributed by atoms with Gasteiger partial charge in [-0.3, -0.25) is 4.79 Å². The third-order valence-corrected chi connectivity index (χ3v) is 3.46. The van der Waals surface area contributed by atoms with Crippen molar-refractivity contribution in [3.05, 3.63) is 71.3 Å². The number of carbonyl (C=O) groups excluding carboxylic acids is 1. The standard InChI is InChI=1S/C17H18ClNO/c18-12-15-6-8-16(9-7-15)13-19-17(20)11-10-14-4-2-1-3-5-14/h1-9H,10-13H2,(H,19,20). The Kier molecular flexibility index (Phi) is 5.63. The average molecular weight is 288 g/mol.